The predicted molar refractivity (Wildman–Crippen MR) is 87.7 cm³/mol. The third kappa shape index (κ3) is 3.31. The third-order valence-corrected chi connectivity index (χ3v) is 4.57. The van der Waals surface area contributed by atoms with Crippen LogP contribution in [0.25, 0.3) is 0 Å². The van der Waals surface area contributed by atoms with E-state index in [1.54, 1.807) is 21.3 Å². The van der Waals surface area contributed by atoms with Gasteiger partial charge in [0, 0.05) is 31.2 Å². The predicted octanol–water partition coefficient (Wildman–Crippen LogP) is 2.27. The molecular weight excluding hydrogens is 280 g/mol. The topological polar surface area (TPSA) is 57.0 Å². The molecule has 124 valence electrons. The summed E-state index contributed by atoms with van der Waals surface area (Å²) < 4.78 is 16.4. The molecule has 5 nitrogen and oxygen atoms in total. The maximum Gasteiger partial charge on any atom is 0.203 e. The molecule has 1 heterocycles. The first-order valence-corrected chi connectivity index (χ1v) is 7.68. The minimum absolute atomic E-state index is 0.127. The Morgan fingerprint density at radius 2 is 1.82 bits per heavy atom. The van der Waals surface area contributed by atoms with Gasteiger partial charge in [-0.3, -0.25) is 4.90 Å². The first-order valence-electron chi connectivity index (χ1n) is 7.68. The van der Waals surface area contributed by atoms with E-state index in [-0.39, 0.29) is 11.5 Å². The van der Waals surface area contributed by atoms with E-state index in [2.05, 4.69) is 18.7 Å². The van der Waals surface area contributed by atoms with E-state index >= 15 is 0 Å². The Bertz CT molecular complexity index is 517. The minimum atomic E-state index is 0.127. The number of nitrogens with two attached hydrogens (primary N) is 1. The molecule has 1 fully saturated rings. The van der Waals surface area contributed by atoms with Crippen LogP contribution in [0.3, 0.4) is 0 Å². The van der Waals surface area contributed by atoms with Crippen molar-refractivity contribution in [1.82, 2.24) is 4.90 Å². The van der Waals surface area contributed by atoms with Crippen molar-refractivity contribution in [2.45, 2.75) is 32.9 Å². The van der Waals surface area contributed by atoms with Crippen molar-refractivity contribution < 1.29 is 14.2 Å². The molecule has 1 aromatic carbocycles. The number of nitrogens with zero attached hydrogens (tertiary/aromatic N) is 1. The number of rotatable bonds is 5. The van der Waals surface area contributed by atoms with E-state index in [4.69, 9.17) is 19.9 Å². The number of hydrogen-bond donors (Lipinski definition) is 1. The average Bonchev–Trinajstić information content (AvgIpc) is 2.50. The summed E-state index contributed by atoms with van der Waals surface area (Å²) >= 11 is 0. The van der Waals surface area contributed by atoms with E-state index in [0.717, 1.165) is 37.4 Å². The minimum Gasteiger partial charge on any atom is -0.493 e. The maximum atomic E-state index is 6.22. The van der Waals surface area contributed by atoms with Gasteiger partial charge in [-0.05, 0) is 17.9 Å². The number of piperidine rings is 1. The Morgan fingerprint density at radius 3 is 2.36 bits per heavy atom. The molecule has 1 unspecified atom stereocenters. The molecule has 0 saturated carbocycles. The maximum absolute atomic E-state index is 6.22. The van der Waals surface area contributed by atoms with Crippen molar-refractivity contribution in [2.24, 2.45) is 11.1 Å². The molecule has 5 heteroatoms. The zero-order chi connectivity index (χ0) is 16.3. The summed E-state index contributed by atoms with van der Waals surface area (Å²) in [4.78, 5) is 2.42. The fraction of sp³-hybridized carbons (Fsp3) is 0.647. The van der Waals surface area contributed by atoms with E-state index in [1.165, 1.54) is 0 Å². The molecule has 0 aromatic heterocycles. The molecular formula is C17H28N2O3. The van der Waals surface area contributed by atoms with Crippen LogP contribution in [0.1, 0.15) is 25.8 Å². The molecule has 2 N–H and O–H groups in total. The lowest BCUT2D eigenvalue weighted by molar-refractivity contribution is 0.0891. The highest BCUT2D eigenvalue weighted by molar-refractivity contribution is 5.55. The SMILES string of the molecule is COc1ccc(CN2CCC(N)C(C)(C)C2)c(OC)c1OC. The van der Waals surface area contributed by atoms with Crippen molar-refractivity contribution in [3.8, 4) is 17.2 Å². The van der Waals surface area contributed by atoms with Crippen LogP contribution >= 0.6 is 0 Å². The lowest BCUT2D eigenvalue weighted by Crippen LogP contribution is -2.52. The van der Waals surface area contributed by atoms with Crippen molar-refractivity contribution in [3.63, 3.8) is 0 Å². The zero-order valence-corrected chi connectivity index (χ0v) is 14.3. The number of methoxy groups -OCH3 is 3. The van der Waals surface area contributed by atoms with E-state index in [0.29, 0.717) is 11.5 Å². The van der Waals surface area contributed by atoms with Gasteiger partial charge in [-0.2, -0.15) is 0 Å². The first kappa shape index (κ1) is 16.9. The normalized spacial score (nSPS) is 21.5. The number of benzene rings is 1. The lowest BCUT2D eigenvalue weighted by Gasteiger charge is -2.42. The van der Waals surface area contributed by atoms with E-state index < -0.39 is 0 Å². The summed E-state index contributed by atoms with van der Waals surface area (Å²) in [5, 5.41) is 0. The summed E-state index contributed by atoms with van der Waals surface area (Å²) in [7, 11) is 4.93. The van der Waals surface area contributed by atoms with E-state index in [1.807, 2.05) is 12.1 Å². The van der Waals surface area contributed by atoms with Gasteiger partial charge in [0.2, 0.25) is 5.75 Å². The largest absolute Gasteiger partial charge is 0.493 e. The average molecular weight is 308 g/mol. The zero-order valence-electron chi connectivity index (χ0n) is 14.3. The first-order chi connectivity index (χ1) is 10.4. The summed E-state index contributed by atoms with van der Waals surface area (Å²) in [6.07, 6.45) is 1.02. The molecule has 2 rings (SSSR count). The molecule has 22 heavy (non-hydrogen) atoms. The fourth-order valence-corrected chi connectivity index (χ4v) is 3.15. The highest BCUT2D eigenvalue weighted by Crippen LogP contribution is 2.40. The fourth-order valence-electron chi connectivity index (χ4n) is 3.15. The molecule has 1 aromatic rings. The monoisotopic (exact) mass is 308 g/mol. The molecule has 0 spiro atoms. The Balaban J connectivity index is 2.23. The van der Waals surface area contributed by atoms with Gasteiger partial charge in [-0.15, -0.1) is 0 Å². The lowest BCUT2D eigenvalue weighted by atomic mass is 9.79. The highest BCUT2D eigenvalue weighted by atomic mass is 16.5. The number of ether oxygens (including phenoxy) is 3. The number of hydrogen-bond acceptors (Lipinski definition) is 5. The van der Waals surface area contributed by atoms with E-state index in [9.17, 15) is 0 Å². The number of likely N-dealkylation sites (tertiary alicyclic amines) is 1. The van der Waals surface area contributed by atoms with Crippen LogP contribution in [0.2, 0.25) is 0 Å². The summed E-state index contributed by atoms with van der Waals surface area (Å²) in [6, 6.07) is 4.23. The molecule has 0 aliphatic carbocycles. The Morgan fingerprint density at radius 1 is 1.14 bits per heavy atom. The second-order valence-electron chi connectivity index (χ2n) is 6.59. The van der Waals surface area contributed by atoms with Crippen LogP contribution < -0.4 is 19.9 Å². The van der Waals surface area contributed by atoms with Crippen LogP contribution in [0.15, 0.2) is 12.1 Å². The summed E-state index contributed by atoms with van der Waals surface area (Å²) in [5.74, 6) is 2.08. The van der Waals surface area contributed by atoms with Crippen molar-refractivity contribution in [2.75, 3.05) is 34.4 Å². The molecule has 1 atom stereocenters. The standard InChI is InChI=1S/C17H28N2O3/c1-17(2)11-19(9-8-14(17)18)10-12-6-7-13(20-3)16(22-5)15(12)21-4/h6-7,14H,8-11,18H2,1-5H3. The van der Waals surface area contributed by atoms with Gasteiger partial charge in [-0.1, -0.05) is 19.9 Å². The van der Waals surface area contributed by atoms with Gasteiger partial charge >= 0.3 is 0 Å². The molecule has 0 amide bonds. The van der Waals surface area contributed by atoms with Crippen LogP contribution in [0, 0.1) is 5.41 Å². The second-order valence-corrected chi connectivity index (χ2v) is 6.59. The van der Waals surface area contributed by atoms with Crippen LogP contribution in [0.4, 0.5) is 0 Å². The highest BCUT2D eigenvalue weighted by Gasteiger charge is 2.33. The molecule has 0 bridgehead atoms. The van der Waals surface area contributed by atoms with Crippen LogP contribution in [-0.2, 0) is 6.54 Å². The second kappa shape index (κ2) is 6.75. The van der Waals surface area contributed by atoms with Gasteiger partial charge in [0.1, 0.15) is 0 Å². The van der Waals surface area contributed by atoms with Gasteiger partial charge in [-0.25, -0.2) is 0 Å². The third-order valence-electron chi connectivity index (χ3n) is 4.57. The smallest absolute Gasteiger partial charge is 0.203 e. The van der Waals surface area contributed by atoms with Crippen molar-refractivity contribution >= 4 is 0 Å². The van der Waals surface area contributed by atoms with Gasteiger partial charge in [0.05, 0.1) is 21.3 Å². The van der Waals surface area contributed by atoms with Crippen molar-refractivity contribution in [1.29, 1.82) is 0 Å². The quantitative estimate of drug-likeness (QED) is 0.904. The van der Waals surface area contributed by atoms with Crippen LogP contribution in [-0.4, -0.2) is 45.4 Å². The Labute approximate surface area is 133 Å². The van der Waals surface area contributed by atoms with Gasteiger partial charge < -0.3 is 19.9 Å². The summed E-state index contributed by atoms with van der Waals surface area (Å²) in [5.41, 5.74) is 7.45. The van der Waals surface area contributed by atoms with Crippen LogP contribution in [0.5, 0.6) is 17.2 Å². The van der Waals surface area contributed by atoms with Crippen molar-refractivity contribution in [3.05, 3.63) is 17.7 Å². The Kier molecular flexibility index (Phi) is 5.19. The van der Waals surface area contributed by atoms with Gasteiger partial charge in [0.15, 0.2) is 11.5 Å². The molecule has 1 aliphatic heterocycles. The molecule has 1 aliphatic rings. The molecule has 1 saturated heterocycles. The summed E-state index contributed by atoms with van der Waals surface area (Å²) in [6.45, 7) is 7.26. The van der Waals surface area contributed by atoms with Gasteiger partial charge in [0.25, 0.3) is 0 Å². The molecule has 0 radical (unpaired) electrons. The Hall–Kier alpha value is -1.46.